The Bertz CT molecular complexity index is 650. The van der Waals surface area contributed by atoms with Crippen molar-refractivity contribution in [3.8, 4) is 11.3 Å². The fraction of sp³-hybridized carbons (Fsp3) is 0.412. The van der Waals surface area contributed by atoms with Gasteiger partial charge >= 0.3 is 0 Å². The highest BCUT2D eigenvalue weighted by molar-refractivity contribution is 7.14. The summed E-state index contributed by atoms with van der Waals surface area (Å²) in [5.41, 5.74) is 7.37. The van der Waals surface area contributed by atoms with Crippen molar-refractivity contribution in [2.75, 3.05) is 32.7 Å². The zero-order valence-electron chi connectivity index (χ0n) is 13.1. The molecule has 122 valence electrons. The van der Waals surface area contributed by atoms with Crippen LogP contribution in [0.3, 0.4) is 0 Å². The summed E-state index contributed by atoms with van der Waals surface area (Å²) in [7, 11) is 0. The van der Waals surface area contributed by atoms with Crippen molar-refractivity contribution in [1.29, 1.82) is 0 Å². The number of benzene rings is 1. The molecule has 1 saturated heterocycles. The molecule has 3 N–H and O–H groups in total. The molecule has 23 heavy (non-hydrogen) atoms. The number of nitrogens with zero attached hydrogens (tertiary/aromatic N) is 2. The molecule has 3 rings (SSSR count). The van der Waals surface area contributed by atoms with Crippen LogP contribution in [-0.2, 0) is 6.42 Å². The van der Waals surface area contributed by atoms with E-state index in [9.17, 15) is 4.79 Å². The van der Waals surface area contributed by atoms with Crippen LogP contribution in [0.4, 0.5) is 0 Å². The van der Waals surface area contributed by atoms with Crippen molar-refractivity contribution in [2.45, 2.75) is 12.8 Å². The van der Waals surface area contributed by atoms with Crippen molar-refractivity contribution < 1.29 is 4.79 Å². The highest BCUT2D eigenvalue weighted by Crippen LogP contribution is 2.29. The molecule has 1 aromatic carbocycles. The van der Waals surface area contributed by atoms with E-state index >= 15 is 0 Å². The molecule has 1 aromatic heterocycles. The molecule has 1 aliphatic rings. The van der Waals surface area contributed by atoms with Crippen LogP contribution in [0.5, 0.6) is 0 Å². The van der Waals surface area contributed by atoms with Gasteiger partial charge in [0.25, 0.3) is 5.91 Å². The number of piperazine rings is 1. The van der Waals surface area contributed by atoms with Gasteiger partial charge in [-0.05, 0) is 19.4 Å². The van der Waals surface area contributed by atoms with Crippen LogP contribution >= 0.6 is 11.3 Å². The molecule has 0 unspecified atom stereocenters. The quantitative estimate of drug-likeness (QED) is 0.846. The van der Waals surface area contributed by atoms with E-state index in [1.807, 2.05) is 30.3 Å². The van der Waals surface area contributed by atoms with E-state index in [-0.39, 0.29) is 0 Å². The third-order valence-corrected chi connectivity index (χ3v) is 5.17. The molecule has 6 heteroatoms. The second kappa shape index (κ2) is 7.68. The summed E-state index contributed by atoms with van der Waals surface area (Å²) in [5.74, 6) is -0.444. The Hall–Kier alpha value is -1.76. The Morgan fingerprint density at radius 3 is 2.70 bits per heavy atom. The number of carbonyl (C=O) groups excluding carboxylic acids is 1. The highest BCUT2D eigenvalue weighted by atomic mass is 32.1. The van der Waals surface area contributed by atoms with Crippen LogP contribution < -0.4 is 11.1 Å². The van der Waals surface area contributed by atoms with Crippen LogP contribution in [0.15, 0.2) is 30.3 Å². The number of carbonyl (C=O) groups is 1. The summed E-state index contributed by atoms with van der Waals surface area (Å²) in [6.07, 6.45) is 2.00. The molecule has 0 radical (unpaired) electrons. The minimum absolute atomic E-state index is 0.404. The fourth-order valence-electron chi connectivity index (χ4n) is 2.85. The first-order chi connectivity index (χ1) is 11.2. The SMILES string of the molecule is NC(=O)c1nc(-c2ccccc2)c(CCCN2CCNCC2)s1. The summed E-state index contributed by atoms with van der Waals surface area (Å²) in [4.78, 5) is 19.6. The Labute approximate surface area is 140 Å². The molecular formula is C17H22N4OS. The maximum atomic E-state index is 11.5. The summed E-state index contributed by atoms with van der Waals surface area (Å²) in [6, 6.07) is 10.0. The maximum Gasteiger partial charge on any atom is 0.277 e. The van der Waals surface area contributed by atoms with Crippen molar-refractivity contribution >= 4 is 17.2 Å². The number of nitrogens with one attached hydrogen (secondary N) is 1. The topological polar surface area (TPSA) is 71.2 Å². The number of aromatic nitrogens is 1. The number of thiazole rings is 1. The van der Waals surface area contributed by atoms with Crippen LogP contribution in [0.1, 0.15) is 21.1 Å². The fourth-order valence-corrected chi connectivity index (χ4v) is 3.82. The van der Waals surface area contributed by atoms with Gasteiger partial charge in [0.1, 0.15) is 0 Å². The van der Waals surface area contributed by atoms with Crippen molar-refractivity contribution in [2.24, 2.45) is 5.73 Å². The molecule has 0 saturated carbocycles. The van der Waals surface area contributed by atoms with E-state index < -0.39 is 5.91 Å². The van der Waals surface area contributed by atoms with Crippen molar-refractivity contribution in [3.05, 3.63) is 40.2 Å². The predicted molar refractivity (Wildman–Crippen MR) is 93.7 cm³/mol. The zero-order valence-corrected chi connectivity index (χ0v) is 13.9. The van der Waals surface area contributed by atoms with Gasteiger partial charge in [0, 0.05) is 36.6 Å². The van der Waals surface area contributed by atoms with Gasteiger partial charge in [0.2, 0.25) is 0 Å². The third kappa shape index (κ3) is 4.16. The lowest BCUT2D eigenvalue weighted by atomic mass is 10.1. The second-order valence-electron chi connectivity index (χ2n) is 5.72. The lowest BCUT2D eigenvalue weighted by Gasteiger charge is -2.26. The normalized spacial score (nSPS) is 15.7. The minimum Gasteiger partial charge on any atom is -0.364 e. The average molecular weight is 330 g/mol. The van der Waals surface area contributed by atoms with E-state index in [0.29, 0.717) is 5.01 Å². The number of nitrogens with two attached hydrogens (primary N) is 1. The van der Waals surface area contributed by atoms with E-state index in [4.69, 9.17) is 5.73 Å². The Morgan fingerprint density at radius 1 is 1.26 bits per heavy atom. The third-order valence-electron chi connectivity index (χ3n) is 4.04. The summed E-state index contributed by atoms with van der Waals surface area (Å²) in [5, 5.41) is 3.77. The van der Waals surface area contributed by atoms with Crippen LogP contribution in [0.25, 0.3) is 11.3 Å². The van der Waals surface area contributed by atoms with Crippen LogP contribution in [-0.4, -0.2) is 48.5 Å². The lowest BCUT2D eigenvalue weighted by Crippen LogP contribution is -2.43. The number of hydrogen-bond acceptors (Lipinski definition) is 5. The molecule has 1 amide bonds. The molecule has 1 fully saturated rings. The zero-order chi connectivity index (χ0) is 16.1. The van der Waals surface area contributed by atoms with Gasteiger partial charge in [0.15, 0.2) is 5.01 Å². The molecule has 2 heterocycles. The van der Waals surface area contributed by atoms with E-state index in [0.717, 1.165) is 61.7 Å². The first kappa shape index (κ1) is 16.1. The molecule has 0 spiro atoms. The number of rotatable bonds is 6. The van der Waals surface area contributed by atoms with Gasteiger partial charge < -0.3 is 16.0 Å². The van der Waals surface area contributed by atoms with E-state index in [2.05, 4.69) is 15.2 Å². The minimum atomic E-state index is -0.444. The van der Waals surface area contributed by atoms with Gasteiger partial charge in [-0.2, -0.15) is 0 Å². The van der Waals surface area contributed by atoms with Gasteiger partial charge in [-0.25, -0.2) is 4.98 Å². The standard InChI is InChI=1S/C17H22N4OS/c18-16(22)17-20-15(13-5-2-1-3-6-13)14(23-17)7-4-10-21-11-8-19-9-12-21/h1-3,5-6,19H,4,7-12H2,(H2,18,22). The Morgan fingerprint density at radius 2 is 2.00 bits per heavy atom. The molecule has 1 aliphatic heterocycles. The lowest BCUT2D eigenvalue weighted by molar-refractivity contribution is 0.1000. The smallest absolute Gasteiger partial charge is 0.277 e. The number of primary amides is 1. The van der Waals surface area contributed by atoms with Crippen molar-refractivity contribution in [3.63, 3.8) is 0 Å². The predicted octanol–water partition coefficient (Wildman–Crippen LogP) is 1.75. The van der Waals surface area contributed by atoms with Crippen molar-refractivity contribution in [1.82, 2.24) is 15.2 Å². The molecule has 0 atom stereocenters. The monoisotopic (exact) mass is 330 g/mol. The Kier molecular flexibility index (Phi) is 5.38. The summed E-state index contributed by atoms with van der Waals surface area (Å²) >= 11 is 1.43. The van der Waals surface area contributed by atoms with Crippen LogP contribution in [0, 0.1) is 0 Å². The molecule has 5 nitrogen and oxygen atoms in total. The van der Waals surface area contributed by atoms with E-state index in [1.165, 1.54) is 11.3 Å². The average Bonchev–Trinajstić information content (AvgIpc) is 3.01. The van der Waals surface area contributed by atoms with E-state index in [1.54, 1.807) is 0 Å². The number of hydrogen-bond donors (Lipinski definition) is 2. The maximum absolute atomic E-state index is 11.5. The summed E-state index contributed by atoms with van der Waals surface area (Å²) < 4.78 is 0. The molecule has 2 aromatic rings. The van der Waals surface area contributed by atoms with Gasteiger partial charge in [-0.15, -0.1) is 11.3 Å². The molecule has 0 bridgehead atoms. The first-order valence-corrected chi connectivity index (χ1v) is 8.83. The number of amides is 1. The number of aryl methyl sites for hydroxylation is 1. The highest BCUT2D eigenvalue weighted by Gasteiger charge is 2.16. The van der Waals surface area contributed by atoms with Gasteiger partial charge in [-0.3, -0.25) is 4.79 Å². The Balaban J connectivity index is 1.71. The van der Waals surface area contributed by atoms with Gasteiger partial charge in [-0.1, -0.05) is 30.3 Å². The second-order valence-corrected chi connectivity index (χ2v) is 6.80. The largest absolute Gasteiger partial charge is 0.364 e. The van der Waals surface area contributed by atoms with Crippen LogP contribution in [0.2, 0.25) is 0 Å². The molecular weight excluding hydrogens is 308 g/mol. The first-order valence-electron chi connectivity index (χ1n) is 8.02. The molecule has 0 aliphatic carbocycles. The van der Waals surface area contributed by atoms with Gasteiger partial charge in [0.05, 0.1) is 5.69 Å². The summed E-state index contributed by atoms with van der Waals surface area (Å²) in [6.45, 7) is 5.45.